The van der Waals surface area contributed by atoms with Crippen LogP contribution in [0.15, 0.2) is 0 Å². The summed E-state index contributed by atoms with van der Waals surface area (Å²) in [5.74, 6) is 2.85. The molecule has 0 N–H and O–H groups in total. The number of ether oxygens (including phenoxy) is 2. The maximum atomic E-state index is 12.9. The fourth-order valence-electron chi connectivity index (χ4n) is 5.26. The van der Waals surface area contributed by atoms with Crippen molar-refractivity contribution in [3.05, 3.63) is 0 Å². The van der Waals surface area contributed by atoms with Crippen LogP contribution < -0.4 is 0 Å². The van der Waals surface area contributed by atoms with E-state index in [4.69, 9.17) is 9.47 Å². The minimum absolute atomic E-state index is 0.0333. The van der Waals surface area contributed by atoms with E-state index in [2.05, 4.69) is 0 Å². The Bertz CT molecular complexity index is 380. The molecule has 0 aromatic carbocycles. The number of hydrogen-bond donors (Lipinski definition) is 0. The highest BCUT2D eigenvalue weighted by molar-refractivity contribution is 5.84. The van der Waals surface area contributed by atoms with Gasteiger partial charge < -0.3 is 9.47 Å². The van der Waals surface area contributed by atoms with Crippen molar-refractivity contribution in [3.63, 3.8) is 0 Å². The van der Waals surface area contributed by atoms with Crippen LogP contribution in [0.25, 0.3) is 0 Å². The number of Topliss-reactive ketones (excluding diaryl/α,β-unsaturated/α-hetero) is 1. The molecule has 0 amide bonds. The predicted octanol–water partition coefficient (Wildman–Crippen LogP) is 2.97. The van der Waals surface area contributed by atoms with Crippen molar-refractivity contribution in [2.75, 3.05) is 19.8 Å². The van der Waals surface area contributed by atoms with Gasteiger partial charge in [-0.2, -0.15) is 0 Å². The molecular formula is C17H26O3. The molecule has 4 rings (SSSR count). The molecule has 4 atom stereocenters. The predicted molar refractivity (Wildman–Crippen MR) is 75.4 cm³/mol. The monoisotopic (exact) mass is 278 g/mol. The summed E-state index contributed by atoms with van der Waals surface area (Å²) in [5.41, 5.74) is -0.0333. The highest BCUT2D eigenvalue weighted by Crippen LogP contribution is 2.50. The van der Waals surface area contributed by atoms with Gasteiger partial charge in [-0.25, -0.2) is 0 Å². The van der Waals surface area contributed by atoms with Crippen molar-refractivity contribution in [1.82, 2.24) is 0 Å². The van der Waals surface area contributed by atoms with Crippen LogP contribution in [0, 0.1) is 23.7 Å². The Hall–Kier alpha value is -0.410. The summed E-state index contributed by atoms with van der Waals surface area (Å²) in [6.07, 6.45) is 9.09. The van der Waals surface area contributed by atoms with Gasteiger partial charge in [-0.15, -0.1) is 0 Å². The summed E-state index contributed by atoms with van der Waals surface area (Å²) in [7, 11) is 0. The van der Waals surface area contributed by atoms with Crippen molar-refractivity contribution in [1.29, 1.82) is 0 Å². The van der Waals surface area contributed by atoms with E-state index in [-0.39, 0.29) is 11.5 Å². The Kier molecular flexibility index (Phi) is 3.38. The first kappa shape index (κ1) is 13.3. The quantitative estimate of drug-likeness (QED) is 0.779. The fraction of sp³-hybridized carbons (Fsp3) is 0.941. The molecule has 4 aliphatic rings. The second-order valence-electron chi connectivity index (χ2n) is 7.52. The standard InChI is InChI=1S/C17H26O3/c18-16(15-10-12-1-2-13(15)9-12)14-3-6-20-17(11-14)4-7-19-8-5-17/h12-15H,1-11H2. The molecule has 3 nitrogen and oxygen atoms in total. The Labute approximate surface area is 121 Å². The van der Waals surface area contributed by atoms with Crippen LogP contribution >= 0.6 is 0 Å². The zero-order chi connectivity index (χ0) is 13.6. The molecule has 1 spiro atoms. The van der Waals surface area contributed by atoms with Crippen molar-refractivity contribution < 1.29 is 14.3 Å². The summed E-state index contributed by atoms with van der Waals surface area (Å²) in [5, 5.41) is 0. The summed E-state index contributed by atoms with van der Waals surface area (Å²) in [4.78, 5) is 12.9. The Morgan fingerprint density at radius 1 is 1.00 bits per heavy atom. The minimum atomic E-state index is -0.0333. The highest BCUT2D eigenvalue weighted by Gasteiger charge is 2.47. The highest BCUT2D eigenvalue weighted by atomic mass is 16.5. The molecule has 112 valence electrons. The smallest absolute Gasteiger partial charge is 0.139 e. The molecule has 0 aromatic rings. The zero-order valence-electron chi connectivity index (χ0n) is 12.3. The molecule has 2 aliphatic carbocycles. The topological polar surface area (TPSA) is 35.5 Å². The summed E-state index contributed by atoms with van der Waals surface area (Å²) in [6.45, 7) is 2.38. The number of carbonyl (C=O) groups is 1. The summed E-state index contributed by atoms with van der Waals surface area (Å²) in [6, 6.07) is 0. The van der Waals surface area contributed by atoms with Crippen LogP contribution in [0.2, 0.25) is 0 Å². The number of hydrogen-bond acceptors (Lipinski definition) is 3. The van der Waals surface area contributed by atoms with Gasteiger partial charge in [0.15, 0.2) is 0 Å². The van der Waals surface area contributed by atoms with Gasteiger partial charge in [0.1, 0.15) is 5.78 Å². The minimum Gasteiger partial charge on any atom is -0.381 e. The van der Waals surface area contributed by atoms with Crippen LogP contribution in [-0.2, 0) is 14.3 Å². The average molecular weight is 278 g/mol. The molecule has 4 unspecified atom stereocenters. The van der Waals surface area contributed by atoms with Gasteiger partial charge in [-0.05, 0) is 56.8 Å². The first-order valence-corrected chi connectivity index (χ1v) is 8.51. The third kappa shape index (κ3) is 2.23. The van der Waals surface area contributed by atoms with Gasteiger partial charge in [0.2, 0.25) is 0 Å². The van der Waals surface area contributed by atoms with E-state index in [1.54, 1.807) is 0 Å². The summed E-state index contributed by atoms with van der Waals surface area (Å²) < 4.78 is 11.5. The third-order valence-corrected chi connectivity index (χ3v) is 6.40. The van der Waals surface area contributed by atoms with Crippen molar-refractivity contribution >= 4 is 5.78 Å². The van der Waals surface area contributed by atoms with Crippen molar-refractivity contribution in [2.24, 2.45) is 23.7 Å². The second-order valence-corrected chi connectivity index (χ2v) is 7.52. The van der Waals surface area contributed by atoms with Crippen molar-refractivity contribution in [3.8, 4) is 0 Å². The van der Waals surface area contributed by atoms with Crippen LogP contribution in [0.1, 0.15) is 51.4 Å². The summed E-state index contributed by atoms with van der Waals surface area (Å²) >= 11 is 0. The van der Waals surface area contributed by atoms with E-state index < -0.39 is 0 Å². The first-order chi connectivity index (χ1) is 9.76. The van der Waals surface area contributed by atoms with Crippen LogP contribution in [0.4, 0.5) is 0 Å². The van der Waals surface area contributed by atoms with Gasteiger partial charge in [-0.3, -0.25) is 4.79 Å². The Morgan fingerprint density at radius 2 is 1.85 bits per heavy atom. The van der Waals surface area contributed by atoms with Gasteiger partial charge in [0, 0.05) is 31.7 Å². The third-order valence-electron chi connectivity index (χ3n) is 6.40. The van der Waals surface area contributed by atoms with Crippen molar-refractivity contribution in [2.45, 2.75) is 57.0 Å². The number of rotatable bonds is 2. The fourth-order valence-corrected chi connectivity index (χ4v) is 5.26. The van der Waals surface area contributed by atoms with E-state index in [0.29, 0.717) is 11.7 Å². The molecule has 0 aromatic heterocycles. The zero-order valence-corrected chi connectivity index (χ0v) is 12.3. The van der Waals surface area contributed by atoms with Gasteiger partial charge in [0.25, 0.3) is 0 Å². The lowest BCUT2D eigenvalue weighted by Gasteiger charge is -2.43. The van der Waals surface area contributed by atoms with E-state index in [9.17, 15) is 4.79 Å². The normalized spacial score (nSPS) is 43.0. The maximum absolute atomic E-state index is 12.9. The lowest BCUT2D eigenvalue weighted by molar-refractivity contribution is -0.159. The maximum Gasteiger partial charge on any atom is 0.139 e. The molecule has 0 radical (unpaired) electrons. The molecular weight excluding hydrogens is 252 g/mol. The Balaban J connectivity index is 1.44. The number of fused-ring (bicyclic) bond motifs is 2. The van der Waals surface area contributed by atoms with E-state index in [0.717, 1.165) is 57.3 Å². The van der Waals surface area contributed by atoms with Crippen LogP contribution in [0.3, 0.4) is 0 Å². The number of ketones is 1. The van der Waals surface area contributed by atoms with E-state index >= 15 is 0 Å². The van der Waals surface area contributed by atoms with Gasteiger partial charge in [-0.1, -0.05) is 6.42 Å². The molecule has 2 saturated carbocycles. The number of carbonyl (C=O) groups excluding carboxylic acids is 1. The Morgan fingerprint density at radius 3 is 2.55 bits per heavy atom. The van der Waals surface area contributed by atoms with Gasteiger partial charge in [0.05, 0.1) is 5.60 Å². The van der Waals surface area contributed by atoms with Crippen LogP contribution in [0.5, 0.6) is 0 Å². The molecule has 4 fully saturated rings. The first-order valence-electron chi connectivity index (χ1n) is 8.51. The van der Waals surface area contributed by atoms with Gasteiger partial charge >= 0.3 is 0 Å². The van der Waals surface area contributed by atoms with E-state index in [1.807, 2.05) is 0 Å². The van der Waals surface area contributed by atoms with E-state index in [1.165, 1.54) is 25.7 Å². The largest absolute Gasteiger partial charge is 0.381 e. The molecule has 2 saturated heterocycles. The lowest BCUT2D eigenvalue weighted by Crippen LogP contribution is -2.47. The SMILES string of the molecule is O=C(C1CCOC2(CCOCC2)C1)C1CC2CCC1C2. The molecule has 2 heterocycles. The molecule has 20 heavy (non-hydrogen) atoms. The van der Waals surface area contributed by atoms with Crippen LogP contribution in [-0.4, -0.2) is 31.2 Å². The molecule has 3 heteroatoms. The molecule has 2 bridgehead atoms. The average Bonchev–Trinajstić information content (AvgIpc) is 3.10. The molecule has 2 aliphatic heterocycles. The second kappa shape index (κ2) is 5.10. The lowest BCUT2D eigenvalue weighted by atomic mass is 9.73.